The molecule has 9 heteroatoms. The summed E-state index contributed by atoms with van der Waals surface area (Å²) in [5, 5.41) is 1.41. The fourth-order valence-electron chi connectivity index (χ4n) is 15.1. The second-order valence-corrected chi connectivity index (χ2v) is 30.6. The van der Waals surface area contributed by atoms with Crippen LogP contribution in [0.5, 0.6) is 0 Å². The Bertz CT molecular complexity index is 3590. The van der Waals surface area contributed by atoms with E-state index in [0.29, 0.717) is 0 Å². The molecule has 7 aromatic rings. The van der Waals surface area contributed by atoms with Gasteiger partial charge < -0.3 is 9.80 Å². The second kappa shape index (κ2) is 16.2. The molecular weight excluding hydrogens is 918 g/mol. The van der Waals surface area contributed by atoms with Crippen LogP contribution in [0.4, 0.5) is 34.1 Å². The largest absolute Gasteiger partial charge is 0.311 e. The average molecular weight is 998 g/mol. The Morgan fingerprint density at radius 2 is 0.893 bits per heavy atom. The highest BCUT2D eigenvalue weighted by molar-refractivity contribution is 7.33. The molecule has 2 nitrogen and oxygen atoms in total. The molecule has 2 aliphatic heterocycles. The van der Waals surface area contributed by atoms with Crippen molar-refractivity contribution in [3.8, 4) is 11.1 Å². The lowest BCUT2D eigenvalue weighted by molar-refractivity contribution is 0.332. The zero-order chi connectivity index (χ0) is 53.8. The van der Waals surface area contributed by atoms with Crippen LogP contribution in [0.2, 0.25) is 0 Å². The summed E-state index contributed by atoms with van der Waals surface area (Å²) in [4.78, 5) is 5.52. The highest BCUT2D eigenvalue weighted by Crippen LogP contribution is 2.56. The summed E-state index contributed by atoms with van der Waals surface area (Å²) in [6.07, 6.45) is 7.11. The summed E-state index contributed by atoms with van der Waals surface area (Å²) in [6, 6.07) is 33.4. The fraction of sp³-hybridized carbons (Fsp3) is 0.424. The summed E-state index contributed by atoms with van der Waals surface area (Å²) < 4.78 is 2.90. The standard InChI is InChI=1S/C66H80B6N2S/c1-60(2,3)36-16-18-37(19-17-36)73-47-33-44-43(64(10,11)25-26-65(44,12)13)32-46(47)72-57-48(73)28-35(51-52(67)54(69)56(71)55(70)53(51)68)29-49(57)74(38-20-21-40-41(30-38)62(6,7)23-22-61(40,4)5)58-39-31-42-45(34-50(39)75-59(58)72)66(14,15)27-24-63(42,8)9/h16-21,28-34H,22-27,67-71H2,1-15H3. The molecule has 0 bridgehead atoms. The van der Waals surface area contributed by atoms with Gasteiger partial charge >= 0.3 is 0 Å². The van der Waals surface area contributed by atoms with E-state index in [-0.39, 0.29) is 44.6 Å². The second-order valence-electron chi connectivity index (χ2n) is 29.5. The van der Waals surface area contributed by atoms with Gasteiger partial charge in [0, 0.05) is 43.3 Å². The average Bonchev–Trinajstić information content (AvgIpc) is 3.74. The molecule has 0 spiro atoms. The number of benzene rings is 6. The monoisotopic (exact) mass is 999 g/mol. The molecule has 0 fully saturated rings. The number of nitrogens with zero attached hydrogens (tertiary/aromatic N) is 2. The van der Waals surface area contributed by atoms with Crippen molar-refractivity contribution < 1.29 is 0 Å². The first-order chi connectivity index (χ1) is 34.8. The Kier molecular flexibility index (Phi) is 11.0. The summed E-state index contributed by atoms with van der Waals surface area (Å²) in [7, 11) is 11.8. The van der Waals surface area contributed by atoms with E-state index in [0.717, 1.165) is 0 Å². The zero-order valence-corrected chi connectivity index (χ0v) is 50.4. The molecule has 75 heavy (non-hydrogen) atoms. The van der Waals surface area contributed by atoms with Crippen molar-refractivity contribution in [1.82, 2.24) is 0 Å². The van der Waals surface area contributed by atoms with E-state index >= 15 is 0 Å². The van der Waals surface area contributed by atoms with Gasteiger partial charge in [0.05, 0.1) is 5.69 Å². The van der Waals surface area contributed by atoms with Gasteiger partial charge in [-0.15, -0.1) is 27.7 Å². The SMILES string of the molecule is Bc1c(B)c(B)c(-c2cc3c4c(c2)N(c2ccc5c(c2)C(C)(C)CCC5(C)C)c2c(sc5cc6c(cc25)C(C)(C)CCC6(C)C)B4c2cc4c(cc2N3c2ccc(C(C)(C)C)cc2)C(C)(C)CCC4(C)C)c(B)c1B. The van der Waals surface area contributed by atoms with Crippen LogP contribution in [-0.4, -0.2) is 45.9 Å². The van der Waals surface area contributed by atoms with Gasteiger partial charge in [-0.3, -0.25) is 0 Å². The summed E-state index contributed by atoms with van der Waals surface area (Å²) in [5.41, 5.74) is 31.3. The highest BCUT2D eigenvalue weighted by Gasteiger charge is 2.49. The maximum absolute atomic E-state index is 2.80. The number of thiophene rings is 1. The predicted octanol–water partition coefficient (Wildman–Crippen LogP) is 8.29. The maximum Gasteiger partial charge on any atom is 0.264 e. The van der Waals surface area contributed by atoms with Crippen molar-refractivity contribution in [1.29, 1.82) is 0 Å². The van der Waals surface area contributed by atoms with Crippen molar-refractivity contribution in [3.63, 3.8) is 0 Å². The summed E-state index contributed by atoms with van der Waals surface area (Å²) in [6.45, 7) is 37.0. The third kappa shape index (κ3) is 7.44. The van der Waals surface area contributed by atoms with E-state index in [9.17, 15) is 0 Å². The summed E-state index contributed by atoms with van der Waals surface area (Å²) >= 11 is 2.09. The van der Waals surface area contributed by atoms with E-state index in [1.165, 1.54) is 176 Å². The molecule has 0 radical (unpaired) electrons. The van der Waals surface area contributed by atoms with Crippen LogP contribution in [0, 0.1) is 0 Å². The molecule has 0 unspecified atom stereocenters. The Morgan fingerprint density at radius 1 is 0.453 bits per heavy atom. The van der Waals surface area contributed by atoms with Crippen molar-refractivity contribution >= 4 is 145 Å². The van der Waals surface area contributed by atoms with Gasteiger partial charge in [0.25, 0.3) is 6.71 Å². The minimum absolute atomic E-state index is 0.0355. The van der Waals surface area contributed by atoms with E-state index in [4.69, 9.17) is 0 Å². The van der Waals surface area contributed by atoms with Gasteiger partial charge in [-0.25, -0.2) is 0 Å². The molecule has 5 aliphatic rings. The third-order valence-electron chi connectivity index (χ3n) is 21.0. The van der Waals surface area contributed by atoms with Crippen LogP contribution in [0.1, 0.15) is 181 Å². The number of hydrogen-bond donors (Lipinski definition) is 0. The van der Waals surface area contributed by atoms with Gasteiger partial charge in [-0.1, -0.05) is 139 Å². The summed E-state index contributed by atoms with van der Waals surface area (Å²) in [5.74, 6) is 0. The van der Waals surface area contributed by atoms with Gasteiger partial charge in [0.1, 0.15) is 39.2 Å². The lowest BCUT2D eigenvalue weighted by Crippen LogP contribution is -2.61. The molecule has 12 rings (SSSR count). The van der Waals surface area contributed by atoms with Crippen molar-refractivity contribution in [2.24, 2.45) is 0 Å². The predicted molar refractivity (Wildman–Crippen MR) is 347 cm³/mol. The first-order valence-electron chi connectivity index (χ1n) is 28.8. The molecule has 0 N–H and O–H groups in total. The van der Waals surface area contributed by atoms with Crippen LogP contribution in [0.15, 0.2) is 78.9 Å². The molecule has 0 atom stereocenters. The highest BCUT2D eigenvalue weighted by atomic mass is 32.1. The fourth-order valence-corrected chi connectivity index (χ4v) is 16.4. The van der Waals surface area contributed by atoms with Crippen LogP contribution >= 0.6 is 11.3 Å². The molecule has 0 amide bonds. The molecule has 3 heterocycles. The Balaban J connectivity index is 1.28. The number of fused-ring (bicyclic) bond motifs is 9. The van der Waals surface area contributed by atoms with Crippen LogP contribution < -0.4 is 52.8 Å². The van der Waals surface area contributed by atoms with E-state index in [1.807, 2.05) is 0 Å². The number of rotatable bonds is 3. The van der Waals surface area contributed by atoms with E-state index in [2.05, 4.69) is 243 Å². The van der Waals surface area contributed by atoms with Gasteiger partial charge in [-0.05, 0) is 192 Å². The van der Waals surface area contributed by atoms with Crippen molar-refractivity contribution in [2.75, 3.05) is 9.80 Å². The Labute approximate surface area is 460 Å². The lowest BCUT2D eigenvalue weighted by Gasteiger charge is -2.47. The Morgan fingerprint density at radius 3 is 1.43 bits per heavy atom. The Hall–Kier alpha value is -4.73. The molecule has 0 saturated carbocycles. The van der Waals surface area contributed by atoms with Gasteiger partial charge in [-0.2, -0.15) is 0 Å². The molecule has 3 aliphatic carbocycles. The smallest absolute Gasteiger partial charge is 0.264 e. The first kappa shape index (κ1) is 51.1. The molecular formula is C66H80B6N2S. The van der Waals surface area contributed by atoms with Gasteiger partial charge in [0.2, 0.25) is 0 Å². The lowest BCUT2D eigenvalue weighted by atomic mass is 9.35. The van der Waals surface area contributed by atoms with Crippen LogP contribution in [0.3, 0.4) is 0 Å². The molecule has 1 aromatic heterocycles. The van der Waals surface area contributed by atoms with Crippen LogP contribution in [-0.2, 0) is 37.9 Å². The topological polar surface area (TPSA) is 6.48 Å². The third-order valence-corrected chi connectivity index (χ3v) is 22.2. The number of anilines is 6. The quantitative estimate of drug-likeness (QED) is 0.165. The van der Waals surface area contributed by atoms with E-state index < -0.39 is 0 Å². The normalized spacial score (nSPS) is 19.9. The molecule has 378 valence electrons. The minimum atomic E-state index is 0.0355. The molecule has 6 aromatic carbocycles. The van der Waals surface area contributed by atoms with Crippen molar-refractivity contribution in [2.45, 2.75) is 180 Å². The number of hydrogen-bond acceptors (Lipinski definition) is 3. The maximum atomic E-state index is 2.80. The molecule has 0 saturated heterocycles. The zero-order valence-electron chi connectivity index (χ0n) is 49.6. The first-order valence-corrected chi connectivity index (χ1v) is 29.6. The van der Waals surface area contributed by atoms with Crippen molar-refractivity contribution in [3.05, 3.63) is 118 Å². The van der Waals surface area contributed by atoms with E-state index in [1.54, 1.807) is 0 Å². The van der Waals surface area contributed by atoms with Crippen LogP contribution in [0.25, 0.3) is 21.2 Å². The van der Waals surface area contributed by atoms with Gasteiger partial charge in [0.15, 0.2) is 0 Å². The minimum Gasteiger partial charge on any atom is -0.311 e.